The summed E-state index contributed by atoms with van der Waals surface area (Å²) in [6.45, 7) is 1.85. The highest BCUT2D eigenvalue weighted by atomic mass is 35.5. The molecule has 0 heterocycles. The van der Waals surface area contributed by atoms with Gasteiger partial charge in [0.15, 0.2) is 5.78 Å². The number of rotatable bonds is 3. The Morgan fingerprint density at radius 3 is 2.33 bits per heavy atom. The van der Waals surface area contributed by atoms with Crippen LogP contribution in [0.5, 0.6) is 0 Å². The van der Waals surface area contributed by atoms with Crippen LogP contribution in [0.3, 0.4) is 0 Å². The van der Waals surface area contributed by atoms with E-state index in [1.54, 1.807) is 6.07 Å². The SMILES string of the molecule is Cc1cccc(Cl)c1C(=O)C(Cl)c1ccccc1. The summed E-state index contributed by atoms with van der Waals surface area (Å²) >= 11 is 12.3. The summed E-state index contributed by atoms with van der Waals surface area (Å²) in [5.74, 6) is -0.161. The molecule has 92 valence electrons. The molecule has 0 aliphatic carbocycles. The Hall–Kier alpha value is -1.31. The van der Waals surface area contributed by atoms with Crippen LogP contribution < -0.4 is 0 Å². The molecule has 0 N–H and O–H groups in total. The minimum absolute atomic E-state index is 0.161. The van der Waals surface area contributed by atoms with Crippen LogP contribution in [0.4, 0.5) is 0 Å². The minimum atomic E-state index is -0.704. The van der Waals surface area contributed by atoms with Crippen LogP contribution in [0.2, 0.25) is 5.02 Å². The van der Waals surface area contributed by atoms with Gasteiger partial charge >= 0.3 is 0 Å². The lowest BCUT2D eigenvalue weighted by molar-refractivity contribution is 0.0986. The van der Waals surface area contributed by atoms with Crippen molar-refractivity contribution in [2.45, 2.75) is 12.3 Å². The molecule has 0 spiro atoms. The zero-order valence-electron chi connectivity index (χ0n) is 9.86. The van der Waals surface area contributed by atoms with Crippen molar-refractivity contribution < 1.29 is 4.79 Å². The second-order valence-electron chi connectivity index (χ2n) is 4.07. The predicted molar refractivity (Wildman–Crippen MR) is 75.6 cm³/mol. The third-order valence-electron chi connectivity index (χ3n) is 2.79. The Balaban J connectivity index is 2.38. The fourth-order valence-electron chi connectivity index (χ4n) is 1.84. The van der Waals surface area contributed by atoms with Crippen molar-refractivity contribution in [2.24, 2.45) is 0 Å². The molecule has 2 rings (SSSR count). The van der Waals surface area contributed by atoms with Gasteiger partial charge in [0.25, 0.3) is 0 Å². The molecular formula is C15H12Cl2O. The van der Waals surface area contributed by atoms with Crippen LogP contribution in [0.1, 0.15) is 26.9 Å². The van der Waals surface area contributed by atoms with E-state index in [-0.39, 0.29) is 5.78 Å². The summed E-state index contributed by atoms with van der Waals surface area (Å²) in [6.07, 6.45) is 0. The lowest BCUT2D eigenvalue weighted by Gasteiger charge is -2.12. The van der Waals surface area contributed by atoms with E-state index in [0.717, 1.165) is 11.1 Å². The van der Waals surface area contributed by atoms with Crippen molar-refractivity contribution >= 4 is 29.0 Å². The lowest BCUT2D eigenvalue weighted by Crippen LogP contribution is -2.09. The number of halogens is 2. The predicted octanol–water partition coefficient (Wildman–Crippen LogP) is 4.81. The van der Waals surface area contributed by atoms with Crippen LogP contribution in [0, 0.1) is 6.92 Å². The van der Waals surface area contributed by atoms with Crippen LogP contribution >= 0.6 is 23.2 Å². The number of hydrogen-bond acceptors (Lipinski definition) is 1. The molecule has 0 amide bonds. The van der Waals surface area contributed by atoms with Gasteiger partial charge in [-0.3, -0.25) is 4.79 Å². The van der Waals surface area contributed by atoms with Gasteiger partial charge in [0.1, 0.15) is 5.38 Å². The topological polar surface area (TPSA) is 17.1 Å². The summed E-state index contributed by atoms with van der Waals surface area (Å²) in [4.78, 5) is 12.4. The van der Waals surface area contributed by atoms with E-state index in [1.807, 2.05) is 49.4 Å². The van der Waals surface area contributed by atoms with Crippen molar-refractivity contribution in [3.63, 3.8) is 0 Å². The average molecular weight is 279 g/mol. The number of ketones is 1. The smallest absolute Gasteiger partial charge is 0.186 e. The van der Waals surface area contributed by atoms with Crippen LogP contribution in [0.25, 0.3) is 0 Å². The highest BCUT2D eigenvalue weighted by Crippen LogP contribution is 2.29. The van der Waals surface area contributed by atoms with Crippen LogP contribution in [-0.4, -0.2) is 5.78 Å². The van der Waals surface area contributed by atoms with Crippen molar-refractivity contribution in [1.29, 1.82) is 0 Å². The first kappa shape index (κ1) is 13.1. The maximum absolute atomic E-state index is 12.4. The Labute approximate surface area is 116 Å². The zero-order valence-corrected chi connectivity index (χ0v) is 11.4. The molecule has 18 heavy (non-hydrogen) atoms. The standard InChI is InChI=1S/C15H12Cl2O/c1-10-6-5-9-12(16)13(10)15(18)14(17)11-7-3-2-4-8-11/h2-9,14H,1H3. The van der Waals surface area contributed by atoms with Gasteiger partial charge in [-0.05, 0) is 24.1 Å². The van der Waals surface area contributed by atoms with Crippen molar-refractivity contribution in [3.05, 3.63) is 70.2 Å². The third-order valence-corrected chi connectivity index (χ3v) is 3.56. The molecule has 2 aromatic carbocycles. The van der Waals surface area contributed by atoms with Crippen molar-refractivity contribution in [1.82, 2.24) is 0 Å². The Kier molecular flexibility index (Phi) is 4.05. The lowest BCUT2D eigenvalue weighted by atomic mass is 9.99. The van der Waals surface area contributed by atoms with E-state index in [2.05, 4.69) is 0 Å². The summed E-state index contributed by atoms with van der Waals surface area (Å²) in [5.41, 5.74) is 2.13. The van der Waals surface area contributed by atoms with E-state index in [1.165, 1.54) is 0 Å². The first-order valence-electron chi connectivity index (χ1n) is 5.59. The molecule has 0 saturated carbocycles. The van der Waals surface area contributed by atoms with Gasteiger partial charge in [0.2, 0.25) is 0 Å². The highest BCUT2D eigenvalue weighted by Gasteiger charge is 2.22. The molecule has 2 aromatic rings. The van der Waals surface area contributed by atoms with Gasteiger partial charge < -0.3 is 0 Å². The molecule has 1 nitrogen and oxygen atoms in total. The Morgan fingerprint density at radius 1 is 1.06 bits per heavy atom. The second kappa shape index (κ2) is 5.55. The average Bonchev–Trinajstić information content (AvgIpc) is 2.38. The highest BCUT2D eigenvalue weighted by molar-refractivity contribution is 6.39. The first-order valence-corrected chi connectivity index (χ1v) is 6.41. The Bertz CT molecular complexity index is 544. The number of carbonyl (C=O) groups excluding carboxylic acids is 1. The van der Waals surface area contributed by atoms with Crippen molar-refractivity contribution in [2.75, 3.05) is 0 Å². The van der Waals surface area contributed by atoms with Gasteiger partial charge in [-0.25, -0.2) is 0 Å². The number of alkyl halides is 1. The molecule has 1 unspecified atom stereocenters. The molecule has 1 atom stereocenters. The number of aryl methyl sites for hydroxylation is 1. The molecule has 0 saturated heterocycles. The van der Waals surface area contributed by atoms with Crippen LogP contribution in [-0.2, 0) is 0 Å². The van der Waals surface area contributed by atoms with Gasteiger partial charge in [-0.2, -0.15) is 0 Å². The monoisotopic (exact) mass is 278 g/mol. The second-order valence-corrected chi connectivity index (χ2v) is 4.91. The van der Waals surface area contributed by atoms with Gasteiger partial charge in [-0.1, -0.05) is 54.1 Å². The molecule has 3 heteroatoms. The summed E-state index contributed by atoms with van der Waals surface area (Å²) in [6, 6.07) is 14.7. The van der Waals surface area contributed by atoms with E-state index >= 15 is 0 Å². The Morgan fingerprint density at radius 2 is 1.72 bits per heavy atom. The normalized spacial score (nSPS) is 12.2. The molecule has 0 aliphatic heterocycles. The fraction of sp³-hybridized carbons (Fsp3) is 0.133. The fourth-order valence-corrected chi connectivity index (χ4v) is 2.41. The van der Waals surface area contributed by atoms with E-state index in [0.29, 0.717) is 10.6 Å². The maximum atomic E-state index is 12.4. The largest absolute Gasteiger partial charge is 0.292 e. The number of carbonyl (C=O) groups is 1. The summed E-state index contributed by atoms with van der Waals surface area (Å²) in [7, 11) is 0. The van der Waals surface area contributed by atoms with Gasteiger partial charge in [-0.15, -0.1) is 11.6 Å². The van der Waals surface area contributed by atoms with Crippen LogP contribution in [0.15, 0.2) is 48.5 Å². The quantitative estimate of drug-likeness (QED) is 0.582. The van der Waals surface area contributed by atoms with E-state index < -0.39 is 5.38 Å². The maximum Gasteiger partial charge on any atom is 0.186 e. The first-order chi connectivity index (χ1) is 8.61. The molecule has 0 aromatic heterocycles. The van der Waals surface area contributed by atoms with Gasteiger partial charge in [0, 0.05) is 5.56 Å². The molecule has 0 bridgehead atoms. The zero-order chi connectivity index (χ0) is 13.1. The molecule has 0 fully saturated rings. The summed E-state index contributed by atoms with van der Waals surface area (Å²) < 4.78 is 0. The van der Waals surface area contributed by atoms with E-state index in [9.17, 15) is 4.79 Å². The van der Waals surface area contributed by atoms with Gasteiger partial charge in [0.05, 0.1) is 5.02 Å². The molecular weight excluding hydrogens is 267 g/mol. The minimum Gasteiger partial charge on any atom is -0.292 e. The number of Topliss-reactive ketones (excluding diaryl/α,β-unsaturated/α-hetero) is 1. The summed E-state index contributed by atoms with van der Waals surface area (Å²) in [5, 5.41) is -0.258. The number of hydrogen-bond donors (Lipinski definition) is 0. The third kappa shape index (κ3) is 2.58. The molecule has 0 radical (unpaired) electrons. The molecule has 0 aliphatic rings. The van der Waals surface area contributed by atoms with Crippen molar-refractivity contribution in [3.8, 4) is 0 Å². The number of benzene rings is 2. The van der Waals surface area contributed by atoms with E-state index in [4.69, 9.17) is 23.2 Å².